The first-order valence-corrected chi connectivity index (χ1v) is 3.27. The van der Waals surface area contributed by atoms with Crippen molar-refractivity contribution in [3.05, 3.63) is 29.8 Å². The van der Waals surface area contributed by atoms with Crippen LogP contribution in [-0.2, 0) is 10.6 Å². The van der Waals surface area contributed by atoms with Crippen LogP contribution in [0, 0.1) is 0 Å². The number of phenolic OH excluding ortho intramolecular Hbond substituents is 1. The number of aldehydes is 1. The highest BCUT2D eigenvalue weighted by Gasteiger charge is 2.27. The molecule has 0 aliphatic heterocycles. The van der Waals surface area contributed by atoms with Gasteiger partial charge in [-0.3, -0.25) is 4.79 Å². The molecule has 12 heavy (non-hydrogen) atoms. The van der Waals surface area contributed by atoms with Crippen molar-refractivity contribution in [1.82, 2.24) is 0 Å². The SMILES string of the molecule is O=CC(O)(O)c1ccccc1O. The molecule has 4 nitrogen and oxygen atoms in total. The van der Waals surface area contributed by atoms with Gasteiger partial charge in [-0.2, -0.15) is 0 Å². The van der Waals surface area contributed by atoms with Gasteiger partial charge in [0, 0.05) is 0 Å². The predicted molar refractivity (Wildman–Crippen MR) is 40.3 cm³/mol. The number of rotatable bonds is 2. The highest BCUT2D eigenvalue weighted by molar-refractivity contribution is 5.64. The van der Waals surface area contributed by atoms with Crippen molar-refractivity contribution in [2.75, 3.05) is 0 Å². The second-order valence-electron chi connectivity index (χ2n) is 2.36. The fourth-order valence-corrected chi connectivity index (χ4v) is 0.848. The lowest BCUT2D eigenvalue weighted by Crippen LogP contribution is -2.26. The standard InChI is InChI=1S/C8H8O4/c9-5-8(11,12)6-3-1-2-4-7(6)10/h1-5,10-12H. The van der Waals surface area contributed by atoms with Crippen molar-refractivity contribution in [2.24, 2.45) is 0 Å². The number of phenols is 1. The van der Waals surface area contributed by atoms with E-state index < -0.39 is 5.79 Å². The van der Waals surface area contributed by atoms with Gasteiger partial charge in [-0.05, 0) is 12.1 Å². The maximum Gasteiger partial charge on any atom is 0.252 e. The molecule has 0 aromatic heterocycles. The first-order valence-electron chi connectivity index (χ1n) is 3.27. The zero-order valence-corrected chi connectivity index (χ0v) is 6.14. The van der Waals surface area contributed by atoms with E-state index in [1.165, 1.54) is 24.3 Å². The summed E-state index contributed by atoms with van der Waals surface area (Å²) in [7, 11) is 0. The quantitative estimate of drug-likeness (QED) is 0.419. The minimum Gasteiger partial charge on any atom is -0.507 e. The maximum atomic E-state index is 10.2. The largest absolute Gasteiger partial charge is 0.507 e. The Labute approximate surface area is 68.7 Å². The smallest absolute Gasteiger partial charge is 0.252 e. The maximum absolute atomic E-state index is 10.2. The van der Waals surface area contributed by atoms with Crippen LogP contribution in [0.5, 0.6) is 5.75 Å². The summed E-state index contributed by atoms with van der Waals surface area (Å²) in [5.41, 5.74) is -0.222. The van der Waals surface area contributed by atoms with Crippen molar-refractivity contribution < 1.29 is 20.1 Å². The lowest BCUT2D eigenvalue weighted by atomic mass is 10.1. The van der Waals surface area contributed by atoms with E-state index >= 15 is 0 Å². The number of carbonyl (C=O) groups excluding carboxylic acids is 1. The van der Waals surface area contributed by atoms with Crippen LogP contribution in [0.4, 0.5) is 0 Å². The predicted octanol–water partition coefficient (Wildman–Crippen LogP) is -0.271. The molecule has 0 bridgehead atoms. The van der Waals surface area contributed by atoms with Crippen LogP contribution in [0.25, 0.3) is 0 Å². The molecule has 0 atom stereocenters. The molecule has 1 aromatic carbocycles. The van der Waals surface area contributed by atoms with Gasteiger partial charge in [-0.15, -0.1) is 0 Å². The van der Waals surface area contributed by atoms with Crippen molar-refractivity contribution in [3.63, 3.8) is 0 Å². The van der Waals surface area contributed by atoms with Crippen LogP contribution in [0.1, 0.15) is 5.56 Å². The Bertz CT molecular complexity index is 293. The molecule has 0 saturated carbocycles. The summed E-state index contributed by atoms with van der Waals surface area (Å²) < 4.78 is 0. The van der Waals surface area contributed by atoms with Crippen molar-refractivity contribution in [1.29, 1.82) is 0 Å². The Hall–Kier alpha value is -1.39. The fourth-order valence-electron chi connectivity index (χ4n) is 0.848. The Balaban J connectivity index is 3.19. The second kappa shape index (κ2) is 2.92. The van der Waals surface area contributed by atoms with E-state index in [1.807, 2.05) is 0 Å². The van der Waals surface area contributed by atoms with Gasteiger partial charge < -0.3 is 15.3 Å². The van der Waals surface area contributed by atoms with Crippen LogP contribution in [0.2, 0.25) is 0 Å². The van der Waals surface area contributed by atoms with Crippen molar-refractivity contribution >= 4 is 6.29 Å². The van der Waals surface area contributed by atoms with Crippen molar-refractivity contribution in [2.45, 2.75) is 5.79 Å². The molecule has 0 fully saturated rings. The third-order valence-corrected chi connectivity index (χ3v) is 1.46. The topological polar surface area (TPSA) is 77.8 Å². The average Bonchev–Trinajstić information content (AvgIpc) is 2.05. The van der Waals surface area contributed by atoms with E-state index in [1.54, 1.807) is 0 Å². The van der Waals surface area contributed by atoms with E-state index in [0.717, 1.165) is 0 Å². The summed E-state index contributed by atoms with van der Waals surface area (Å²) >= 11 is 0. The van der Waals surface area contributed by atoms with Gasteiger partial charge in [0.05, 0.1) is 5.56 Å². The van der Waals surface area contributed by atoms with Gasteiger partial charge in [-0.25, -0.2) is 0 Å². The highest BCUT2D eigenvalue weighted by atomic mass is 16.5. The summed E-state index contributed by atoms with van der Waals surface area (Å²) in [6.07, 6.45) is -0.0535. The molecule has 4 heteroatoms. The average molecular weight is 168 g/mol. The fraction of sp³-hybridized carbons (Fsp3) is 0.125. The van der Waals surface area contributed by atoms with E-state index in [2.05, 4.69) is 0 Å². The van der Waals surface area contributed by atoms with E-state index in [0.29, 0.717) is 0 Å². The van der Waals surface area contributed by atoms with Gasteiger partial charge in [0.1, 0.15) is 5.75 Å². The molecule has 0 amide bonds. The molecule has 0 spiro atoms. The number of hydrogen-bond donors (Lipinski definition) is 3. The zero-order valence-electron chi connectivity index (χ0n) is 6.14. The minimum absolute atomic E-state index is 0.0535. The molecule has 0 aliphatic rings. The Morgan fingerprint density at radius 3 is 2.33 bits per heavy atom. The van der Waals surface area contributed by atoms with Gasteiger partial charge in [0.15, 0.2) is 6.29 Å². The molecule has 0 heterocycles. The summed E-state index contributed by atoms with van der Waals surface area (Å²) in [6.45, 7) is 0. The van der Waals surface area contributed by atoms with Crippen LogP contribution in [0.15, 0.2) is 24.3 Å². The van der Waals surface area contributed by atoms with Crippen LogP contribution in [-0.4, -0.2) is 21.6 Å². The van der Waals surface area contributed by atoms with Gasteiger partial charge in [0.25, 0.3) is 5.79 Å². The molecular formula is C8H8O4. The summed E-state index contributed by atoms with van der Waals surface area (Å²) in [6, 6.07) is 5.52. The zero-order chi connectivity index (χ0) is 9.19. The lowest BCUT2D eigenvalue weighted by Gasteiger charge is -2.15. The summed E-state index contributed by atoms with van der Waals surface area (Å²) in [5, 5.41) is 27.1. The number of carbonyl (C=O) groups is 1. The molecule has 1 aromatic rings. The molecule has 0 unspecified atom stereocenters. The number of aliphatic hydroxyl groups is 2. The minimum atomic E-state index is -2.61. The van der Waals surface area contributed by atoms with Gasteiger partial charge in [-0.1, -0.05) is 12.1 Å². The molecule has 0 aliphatic carbocycles. The third kappa shape index (κ3) is 1.44. The first kappa shape index (κ1) is 8.70. The first-order chi connectivity index (χ1) is 5.58. The third-order valence-electron chi connectivity index (χ3n) is 1.46. The Kier molecular flexibility index (Phi) is 2.12. The highest BCUT2D eigenvalue weighted by Crippen LogP contribution is 2.24. The summed E-state index contributed by atoms with van der Waals surface area (Å²) in [4.78, 5) is 10.2. The number of para-hydroxylation sites is 1. The summed E-state index contributed by atoms with van der Waals surface area (Å²) in [5.74, 6) is -2.93. The monoisotopic (exact) mass is 168 g/mol. The normalized spacial score (nSPS) is 11.2. The molecule has 0 saturated heterocycles. The molecule has 3 N–H and O–H groups in total. The van der Waals surface area contributed by atoms with Crippen LogP contribution < -0.4 is 0 Å². The van der Waals surface area contributed by atoms with Crippen LogP contribution in [0.3, 0.4) is 0 Å². The Morgan fingerprint density at radius 2 is 1.83 bits per heavy atom. The molecule has 64 valence electrons. The van der Waals surface area contributed by atoms with Gasteiger partial charge >= 0.3 is 0 Å². The van der Waals surface area contributed by atoms with E-state index in [9.17, 15) is 4.79 Å². The number of aromatic hydroxyl groups is 1. The molecular weight excluding hydrogens is 160 g/mol. The van der Waals surface area contributed by atoms with Gasteiger partial charge in [0.2, 0.25) is 0 Å². The number of hydrogen-bond acceptors (Lipinski definition) is 4. The van der Waals surface area contributed by atoms with Crippen molar-refractivity contribution in [3.8, 4) is 5.75 Å². The lowest BCUT2D eigenvalue weighted by molar-refractivity contribution is -0.173. The van der Waals surface area contributed by atoms with E-state index in [-0.39, 0.29) is 17.6 Å². The number of benzene rings is 1. The molecule has 1 rings (SSSR count). The second-order valence-corrected chi connectivity index (χ2v) is 2.36. The Morgan fingerprint density at radius 1 is 1.25 bits per heavy atom. The molecule has 0 radical (unpaired) electrons. The van der Waals surface area contributed by atoms with E-state index in [4.69, 9.17) is 15.3 Å². The van der Waals surface area contributed by atoms with Crippen LogP contribution >= 0.6 is 0 Å².